The summed E-state index contributed by atoms with van der Waals surface area (Å²) in [6.07, 6.45) is 1.41. The van der Waals surface area contributed by atoms with Crippen LogP contribution in [0.1, 0.15) is 48.6 Å². The van der Waals surface area contributed by atoms with E-state index in [0.29, 0.717) is 6.04 Å². The predicted molar refractivity (Wildman–Crippen MR) is 80.6 cm³/mol. The summed E-state index contributed by atoms with van der Waals surface area (Å²) in [5, 5.41) is 3.64. The van der Waals surface area contributed by atoms with Crippen molar-refractivity contribution in [3.8, 4) is 0 Å². The molecule has 0 aromatic heterocycles. The van der Waals surface area contributed by atoms with E-state index in [1.807, 2.05) is 0 Å². The minimum absolute atomic E-state index is 0.212. The standard InChI is InChI=1S/C17H27NO/c1-11(2)6-15-10-19-16(9-18-15)17-13(4)7-12(3)8-14(17)5/h7-8,11,15-16,18H,6,9-10H2,1-5H3. The molecule has 2 heteroatoms. The molecule has 0 spiro atoms. The zero-order chi connectivity index (χ0) is 14.0. The first kappa shape index (κ1) is 14.5. The number of rotatable bonds is 3. The lowest BCUT2D eigenvalue weighted by atomic mass is 9.94. The second-order valence-electron chi connectivity index (χ2n) is 6.37. The monoisotopic (exact) mass is 261 g/mol. The van der Waals surface area contributed by atoms with Gasteiger partial charge in [0.1, 0.15) is 0 Å². The second kappa shape index (κ2) is 6.06. The highest BCUT2D eigenvalue weighted by Gasteiger charge is 2.25. The van der Waals surface area contributed by atoms with E-state index in [1.165, 1.54) is 28.7 Å². The van der Waals surface area contributed by atoms with E-state index in [2.05, 4.69) is 52.1 Å². The van der Waals surface area contributed by atoms with Crippen LogP contribution in [0, 0.1) is 26.7 Å². The van der Waals surface area contributed by atoms with Gasteiger partial charge in [-0.05, 0) is 49.8 Å². The molecule has 106 valence electrons. The molecule has 0 aliphatic carbocycles. The summed E-state index contributed by atoms with van der Waals surface area (Å²) >= 11 is 0. The summed E-state index contributed by atoms with van der Waals surface area (Å²) in [6.45, 7) is 12.8. The van der Waals surface area contributed by atoms with Crippen molar-refractivity contribution >= 4 is 0 Å². The van der Waals surface area contributed by atoms with Crippen LogP contribution >= 0.6 is 0 Å². The van der Waals surface area contributed by atoms with Crippen molar-refractivity contribution in [2.45, 2.75) is 53.2 Å². The van der Waals surface area contributed by atoms with Crippen molar-refractivity contribution in [3.63, 3.8) is 0 Å². The van der Waals surface area contributed by atoms with Crippen molar-refractivity contribution < 1.29 is 4.74 Å². The van der Waals surface area contributed by atoms with E-state index in [1.54, 1.807) is 0 Å². The molecule has 1 aliphatic heterocycles. The molecular weight excluding hydrogens is 234 g/mol. The van der Waals surface area contributed by atoms with Crippen LogP contribution in [-0.2, 0) is 4.74 Å². The van der Waals surface area contributed by atoms with Gasteiger partial charge < -0.3 is 10.1 Å². The summed E-state index contributed by atoms with van der Waals surface area (Å²) in [5.74, 6) is 0.723. The highest BCUT2D eigenvalue weighted by molar-refractivity contribution is 5.39. The van der Waals surface area contributed by atoms with Gasteiger partial charge >= 0.3 is 0 Å². The number of benzene rings is 1. The van der Waals surface area contributed by atoms with E-state index in [-0.39, 0.29) is 6.10 Å². The van der Waals surface area contributed by atoms with Crippen LogP contribution in [0.25, 0.3) is 0 Å². The molecular formula is C17H27NO. The molecule has 2 atom stereocenters. The first-order valence-electron chi connectivity index (χ1n) is 7.40. The average molecular weight is 261 g/mol. The first-order valence-corrected chi connectivity index (χ1v) is 7.40. The fraction of sp³-hybridized carbons (Fsp3) is 0.647. The third kappa shape index (κ3) is 3.58. The lowest BCUT2D eigenvalue weighted by Gasteiger charge is -2.33. The normalized spacial score (nSPS) is 23.9. The smallest absolute Gasteiger partial charge is 0.0955 e. The van der Waals surface area contributed by atoms with Gasteiger partial charge in [0.05, 0.1) is 12.7 Å². The van der Waals surface area contributed by atoms with Gasteiger partial charge in [-0.15, -0.1) is 0 Å². The molecule has 1 fully saturated rings. The molecule has 19 heavy (non-hydrogen) atoms. The molecule has 1 N–H and O–H groups in total. The maximum atomic E-state index is 6.12. The lowest BCUT2D eigenvalue weighted by Crippen LogP contribution is -2.43. The third-order valence-corrected chi connectivity index (χ3v) is 3.91. The van der Waals surface area contributed by atoms with Gasteiger partial charge in [0, 0.05) is 12.6 Å². The minimum Gasteiger partial charge on any atom is -0.371 e. The second-order valence-corrected chi connectivity index (χ2v) is 6.37. The molecule has 2 unspecified atom stereocenters. The quantitative estimate of drug-likeness (QED) is 0.896. The van der Waals surface area contributed by atoms with E-state index < -0.39 is 0 Å². The van der Waals surface area contributed by atoms with Gasteiger partial charge in [0.15, 0.2) is 0 Å². The number of nitrogens with one attached hydrogen (secondary N) is 1. The Balaban J connectivity index is 2.06. The van der Waals surface area contributed by atoms with Crippen molar-refractivity contribution in [3.05, 3.63) is 34.4 Å². The van der Waals surface area contributed by atoms with Crippen LogP contribution in [0.15, 0.2) is 12.1 Å². The number of ether oxygens (including phenoxy) is 1. The Bertz CT molecular complexity index is 408. The Labute approximate surface area is 117 Å². The van der Waals surface area contributed by atoms with Gasteiger partial charge in [-0.3, -0.25) is 0 Å². The molecule has 0 amide bonds. The minimum atomic E-state index is 0.212. The van der Waals surface area contributed by atoms with Crippen LogP contribution < -0.4 is 5.32 Å². The molecule has 1 saturated heterocycles. The highest BCUT2D eigenvalue weighted by atomic mass is 16.5. The Kier molecular flexibility index (Phi) is 4.64. The topological polar surface area (TPSA) is 21.3 Å². The largest absolute Gasteiger partial charge is 0.371 e. The molecule has 2 nitrogen and oxygen atoms in total. The summed E-state index contributed by atoms with van der Waals surface area (Å²) in [5.41, 5.74) is 5.42. The maximum absolute atomic E-state index is 6.12. The summed E-state index contributed by atoms with van der Waals surface area (Å²) in [7, 11) is 0. The van der Waals surface area contributed by atoms with Gasteiger partial charge in [-0.1, -0.05) is 31.5 Å². The van der Waals surface area contributed by atoms with Crippen molar-refractivity contribution in [1.29, 1.82) is 0 Å². The van der Waals surface area contributed by atoms with E-state index in [4.69, 9.17) is 4.74 Å². The Hall–Kier alpha value is -0.860. The molecule has 0 saturated carbocycles. The van der Waals surface area contributed by atoms with E-state index >= 15 is 0 Å². The molecule has 1 aromatic carbocycles. The fourth-order valence-corrected chi connectivity index (χ4v) is 3.23. The summed E-state index contributed by atoms with van der Waals surface area (Å²) in [6, 6.07) is 5.03. The van der Waals surface area contributed by atoms with Crippen molar-refractivity contribution in [2.24, 2.45) is 5.92 Å². The zero-order valence-corrected chi connectivity index (χ0v) is 12.9. The van der Waals surface area contributed by atoms with Gasteiger partial charge in [-0.25, -0.2) is 0 Å². The van der Waals surface area contributed by atoms with Gasteiger partial charge in [-0.2, -0.15) is 0 Å². The third-order valence-electron chi connectivity index (χ3n) is 3.91. The van der Waals surface area contributed by atoms with Crippen LogP contribution in [0.3, 0.4) is 0 Å². The number of hydrogen-bond acceptors (Lipinski definition) is 2. The van der Waals surface area contributed by atoms with Crippen molar-refractivity contribution in [2.75, 3.05) is 13.2 Å². The maximum Gasteiger partial charge on any atom is 0.0955 e. The zero-order valence-electron chi connectivity index (χ0n) is 12.9. The molecule has 1 aromatic rings. The average Bonchev–Trinajstić information content (AvgIpc) is 2.29. The van der Waals surface area contributed by atoms with Crippen molar-refractivity contribution in [1.82, 2.24) is 5.32 Å². The molecule has 1 heterocycles. The predicted octanol–water partition coefficient (Wildman–Crippen LogP) is 3.69. The van der Waals surface area contributed by atoms with Crippen LogP contribution in [0.4, 0.5) is 0 Å². The Morgan fingerprint density at radius 2 is 1.84 bits per heavy atom. The van der Waals surface area contributed by atoms with E-state index in [9.17, 15) is 0 Å². The van der Waals surface area contributed by atoms with Crippen LogP contribution in [0.5, 0.6) is 0 Å². The Morgan fingerprint density at radius 1 is 1.21 bits per heavy atom. The Morgan fingerprint density at radius 3 is 2.32 bits per heavy atom. The lowest BCUT2D eigenvalue weighted by molar-refractivity contribution is -0.00195. The number of hydrogen-bond donors (Lipinski definition) is 1. The first-order chi connectivity index (χ1) is 8.97. The molecule has 1 aliphatic rings. The van der Waals surface area contributed by atoms with Gasteiger partial charge in [0.2, 0.25) is 0 Å². The molecule has 0 radical (unpaired) electrons. The summed E-state index contributed by atoms with van der Waals surface area (Å²) in [4.78, 5) is 0. The van der Waals surface area contributed by atoms with Gasteiger partial charge in [0.25, 0.3) is 0 Å². The van der Waals surface area contributed by atoms with Crippen LogP contribution in [-0.4, -0.2) is 19.2 Å². The number of morpholine rings is 1. The van der Waals surface area contributed by atoms with Crippen LogP contribution in [0.2, 0.25) is 0 Å². The molecule has 0 bridgehead atoms. The number of aryl methyl sites for hydroxylation is 3. The SMILES string of the molecule is Cc1cc(C)c(C2CNC(CC(C)C)CO2)c(C)c1. The fourth-order valence-electron chi connectivity index (χ4n) is 3.23. The van der Waals surface area contributed by atoms with E-state index in [0.717, 1.165) is 19.1 Å². The summed E-state index contributed by atoms with van der Waals surface area (Å²) < 4.78 is 6.12. The molecule has 2 rings (SSSR count). The highest BCUT2D eigenvalue weighted by Crippen LogP contribution is 2.28.